The van der Waals surface area contributed by atoms with Gasteiger partial charge < -0.3 is 19.3 Å². The lowest BCUT2D eigenvalue weighted by atomic mass is 10.1. The summed E-state index contributed by atoms with van der Waals surface area (Å²) in [5.41, 5.74) is 3.87. The molecule has 0 saturated carbocycles. The third-order valence-electron chi connectivity index (χ3n) is 5.81. The van der Waals surface area contributed by atoms with Gasteiger partial charge in [-0.05, 0) is 62.3 Å². The largest absolute Gasteiger partial charge is 0.493 e. The lowest BCUT2D eigenvalue weighted by molar-refractivity contribution is 0.326. The summed E-state index contributed by atoms with van der Waals surface area (Å²) in [5, 5.41) is 4.37. The topological polar surface area (TPSA) is 88.0 Å². The molecular weight excluding hydrogens is 418 g/mol. The molecule has 2 saturated heterocycles. The second-order valence-corrected chi connectivity index (χ2v) is 8.23. The van der Waals surface area contributed by atoms with Crippen LogP contribution in [0.4, 0.5) is 17.8 Å². The number of nitrogens with one attached hydrogen (secondary N) is 1. The fourth-order valence-corrected chi connectivity index (χ4v) is 4.07. The molecule has 0 aliphatic carbocycles. The van der Waals surface area contributed by atoms with Crippen molar-refractivity contribution in [3.63, 3.8) is 0 Å². The summed E-state index contributed by atoms with van der Waals surface area (Å²) < 4.78 is 11.0. The Bertz CT molecular complexity index is 918. The predicted molar refractivity (Wildman–Crippen MR) is 132 cm³/mol. The van der Waals surface area contributed by atoms with Gasteiger partial charge in [-0.25, -0.2) is 5.43 Å². The van der Waals surface area contributed by atoms with E-state index in [-0.39, 0.29) is 0 Å². The molecule has 9 heteroatoms. The third-order valence-corrected chi connectivity index (χ3v) is 5.81. The first kappa shape index (κ1) is 22.8. The number of methoxy groups -OCH3 is 1. The smallest absolute Gasteiger partial charge is 0.250 e. The van der Waals surface area contributed by atoms with Crippen molar-refractivity contribution in [2.24, 2.45) is 5.10 Å². The normalized spacial score (nSPS) is 16.6. The van der Waals surface area contributed by atoms with Crippen molar-refractivity contribution in [3.8, 4) is 11.5 Å². The zero-order valence-corrected chi connectivity index (χ0v) is 19.4. The Morgan fingerprint density at radius 3 is 2.15 bits per heavy atom. The molecule has 3 heterocycles. The second-order valence-electron chi connectivity index (χ2n) is 8.23. The van der Waals surface area contributed by atoms with E-state index < -0.39 is 0 Å². The summed E-state index contributed by atoms with van der Waals surface area (Å²) >= 11 is 0. The van der Waals surface area contributed by atoms with E-state index in [2.05, 4.69) is 36.9 Å². The van der Waals surface area contributed by atoms with E-state index in [1.165, 1.54) is 38.5 Å². The first-order chi connectivity index (χ1) is 16.3. The van der Waals surface area contributed by atoms with Crippen LogP contribution in [0.3, 0.4) is 0 Å². The van der Waals surface area contributed by atoms with Crippen molar-refractivity contribution < 1.29 is 9.47 Å². The van der Waals surface area contributed by atoms with Gasteiger partial charge in [0.25, 0.3) is 0 Å². The van der Waals surface area contributed by atoms with Crippen molar-refractivity contribution in [3.05, 3.63) is 36.4 Å². The average molecular weight is 452 g/mol. The molecule has 0 bridgehead atoms. The van der Waals surface area contributed by atoms with Crippen LogP contribution in [0.15, 0.2) is 36.0 Å². The Hall–Kier alpha value is -3.36. The molecule has 2 aliphatic rings. The van der Waals surface area contributed by atoms with E-state index in [0.29, 0.717) is 24.1 Å². The molecule has 0 radical (unpaired) electrons. The third kappa shape index (κ3) is 6.12. The molecule has 0 unspecified atom stereocenters. The number of hydrogen-bond donors (Lipinski definition) is 1. The Morgan fingerprint density at radius 2 is 1.58 bits per heavy atom. The number of anilines is 3. The average Bonchev–Trinajstić information content (AvgIpc) is 2.88. The maximum Gasteiger partial charge on any atom is 0.250 e. The molecule has 0 spiro atoms. The van der Waals surface area contributed by atoms with Gasteiger partial charge in [0.15, 0.2) is 11.5 Å². The molecule has 1 aromatic carbocycles. The number of hydrazone groups is 1. The van der Waals surface area contributed by atoms with Crippen molar-refractivity contribution in [2.45, 2.75) is 38.5 Å². The minimum atomic E-state index is 0.420. The Morgan fingerprint density at radius 1 is 0.939 bits per heavy atom. The van der Waals surface area contributed by atoms with Crippen molar-refractivity contribution in [1.82, 2.24) is 15.0 Å². The zero-order valence-electron chi connectivity index (χ0n) is 19.4. The van der Waals surface area contributed by atoms with Gasteiger partial charge in [0.05, 0.1) is 13.3 Å². The number of aromatic nitrogens is 3. The molecule has 2 fully saturated rings. The highest BCUT2D eigenvalue weighted by molar-refractivity contribution is 5.81. The van der Waals surface area contributed by atoms with Crippen LogP contribution in [0.25, 0.3) is 0 Å². The Balaban J connectivity index is 1.51. The predicted octanol–water partition coefficient (Wildman–Crippen LogP) is 3.87. The molecule has 9 nitrogen and oxygen atoms in total. The number of benzene rings is 1. The van der Waals surface area contributed by atoms with Crippen LogP contribution in [-0.4, -0.2) is 61.1 Å². The van der Waals surface area contributed by atoms with Gasteiger partial charge in [0.1, 0.15) is 6.61 Å². The molecule has 1 N–H and O–H groups in total. The maximum atomic E-state index is 5.61. The number of ether oxygens (including phenoxy) is 2. The van der Waals surface area contributed by atoms with Gasteiger partial charge in [-0.1, -0.05) is 12.7 Å². The van der Waals surface area contributed by atoms with E-state index >= 15 is 0 Å². The van der Waals surface area contributed by atoms with Gasteiger partial charge in [0, 0.05) is 26.2 Å². The van der Waals surface area contributed by atoms with Crippen LogP contribution < -0.4 is 24.7 Å². The summed E-state index contributed by atoms with van der Waals surface area (Å²) in [6, 6.07) is 5.64. The van der Waals surface area contributed by atoms with Crippen molar-refractivity contribution in [1.29, 1.82) is 0 Å². The van der Waals surface area contributed by atoms with Crippen molar-refractivity contribution >= 4 is 24.1 Å². The number of rotatable bonds is 9. The summed E-state index contributed by atoms with van der Waals surface area (Å²) in [6.45, 7) is 8.01. The van der Waals surface area contributed by atoms with Gasteiger partial charge >= 0.3 is 0 Å². The van der Waals surface area contributed by atoms with Crippen LogP contribution in [0.2, 0.25) is 0 Å². The van der Waals surface area contributed by atoms with Gasteiger partial charge in [-0.15, -0.1) is 0 Å². The van der Waals surface area contributed by atoms with Crippen LogP contribution in [-0.2, 0) is 0 Å². The highest BCUT2D eigenvalue weighted by atomic mass is 16.5. The monoisotopic (exact) mass is 451 g/mol. The summed E-state index contributed by atoms with van der Waals surface area (Å²) in [4.78, 5) is 18.6. The minimum absolute atomic E-state index is 0.420. The summed E-state index contributed by atoms with van der Waals surface area (Å²) in [5.74, 6) is 3.22. The highest BCUT2D eigenvalue weighted by Crippen LogP contribution is 2.27. The summed E-state index contributed by atoms with van der Waals surface area (Å²) in [7, 11) is 1.62. The van der Waals surface area contributed by atoms with E-state index in [4.69, 9.17) is 14.5 Å². The lowest BCUT2D eigenvalue weighted by Gasteiger charge is -2.30. The van der Waals surface area contributed by atoms with Gasteiger partial charge in [-0.2, -0.15) is 20.1 Å². The number of hydrogen-bond acceptors (Lipinski definition) is 9. The fraction of sp³-hybridized carbons (Fsp3) is 0.500. The SMILES string of the molecule is C=CCOc1ccc(/C=N\Nc2nc(N3CCCCC3)nc(N3CCCCC3)n2)cc1OC. The maximum absolute atomic E-state index is 5.61. The Kier molecular flexibility index (Phi) is 7.94. The first-order valence-corrected chi connectivity index (χ1v) is 11.7. The molecule has 0 atom stereocenters. The molecule has 33 heavy (non-hydrogen) atoms. The van der Waals surface area contributed by atoms with Crippen LogP contribution in [0.5, 0.6) is 11.5 Å². The standard InChI is InChI=1S/C24H33N7O2/c1-3-16-33-20-11-10-19(17-21(20)32-2)18-25-29-22-26-23(30-12-6-4-7-13-30)28-24(27-22)31-14-8-5-9-15-31/h3,10-11,17-18H,1,4-9,12-16H2,2H3,(H,26,27,28,29)/b25-18-. The van der Waals surface area contributed by atoms with Crippen molar-refractivity contribution in [2.75, 3.05) is 55.1 Å². The number of piperidine rings is 2. The molecule has 0 amide bonds. The highest BCUT2D eigenvalue weighted by Gasteiger charge is 2.20. The summed E-state index contributed by atoms with van der Waals surface area (Å²) in [6.07, 6.45) is 10.6. The molecule has 4 rings (SSSR count). The second kappa shape index (κ2) is 11.5. The number of nitrogens with zero attached hydrogens (tertiary/aromatic N) is 6. The molecular formula is C24H33N7O2. The lowest BCUT2D eigenvalue weighted by Crippen LogP contribution is -2.34. The first-order valence-electron chi connectivity index (χ1n) is 11.7. The van der Waals surface area contributed by atoms with Gasteiger partial charge in [-0.3, -0.25) is 0 Å². The molecule has 2 aliphatic heterocycles. The molecule has 1 aromatic heterocycles. The van der Waals surface area contributed by atoms with E-state index in [0.717, 1.165) is 43.6 Å². The quantitative estimate of drug-likeness (QED) is 0.349. The molecule has 176 valence electrons. The zero-order chi connectivity index (χ0) is 22.9. The van der Waals surface area contributed by atoms with Crippen LogP contribution in [0.1, 0.15) is 44.1 Å². The fourth-order valence-electron chi connectivity index (χ4n) is 4.07. The van der Waals surface area contributed by atoms with E-state index in [9.17, 15) is 0 Å². The molecule has 2 aromatic rings. The minimum Gasteiger partial charge on any atom is -0.493 e. The van der Waals surface area contributed by atoms with E-state index in [1.807, 2.05) is 18.2 Å². The van der Waals surface area contributed by atoms with Crippen LogP contribution >= 0.6 is 0 Å². The van der Waals surface area contributed by atoms with E-state index in [1.54, 1.807) is 19.4 Å². The van der Waals surface area contributed by atoms with Gasteiger partial charge in [0.2, 0.25) is 17.8 Å². The Labute approximate surface area is 195 Å². The van der Waals surface area contributed by atoms with Crippen LogP contribution in [0, 0.1) is 0 Å².